The van der Waals surface area contributed by atoms with Gasteiger partial charge in [0, 0.05) is 23.7 Å². The summed E-state index contributed by atoms with van der Waals surface area (Å²) in [6, 6.07) is 1.92. The number of hydrogen-bond donors (Lipinski definition) is 2. The Morgan fingerprint density at radius 1 is 1.42 bits per heavy atom. The highest BCUT2D eigenvalue weighted by Gasteiger charge is 2.18. The van der Waals surface area contributed by atoms with E-state index in [0.717, 1.165) is 30.5 Å². The molecule has 4 nitrogen and oxygen atoms in total. The first kappa shape index (κ1) is 13.6. The largest absolute Gasteiger partial charge is 0.352 e. The predicted molar refractivity (Wildman–Crippen MR) is 74.9 cm³/mol. The van der Waals surface area contributed by atoms with Crippen LogP contribution in [0.5, 0.6) is 0 Å². The molecule has 4 heteroatoms. The van der Waals surface area contributed by atoms with Gasteiger partial charge in [0.2, 0.25) is 5.91 Å². The van der Waals surface area contributed by atoms with Crippen molar-refractivity contribution in [1.29, 1.82) is 0 Å². The van der Waals surface area contributed by atoms with E-state index < -0.39 is 0 Å². The van der Waals surface area contributed by atoms with Gasteiger partial charge in [-0.3, -0.25) is 9.59 Å². The van der Waals surface area contributed by atoms with Crippen LogP contribution in [0.1, 0.15) is 36.1 Å². The first-order valence-corrected chi connectivity index (χ1v) is 6.70. The lowest BCUT2D eigenvalue weighted by molar-refractivity contribution is -0.125. The summed E-state index contributed by atoms with van der Waals surface area (Å²) in [6.07, 6.45) is 6.82. The molecule has 2 rings (SSSR count). The molecule has 2 N–H and O–H groups in total. The summed E-state index contributed by atoms with van der Waals surface area (Å²) in [6.45, 7) is 4.05. The molecule has 0 aromatic carbocycles. The number of pyridine rings is 1. The minimum Gasteiger partial charge on any atom is -0.352 e. The first-order chi connectivity index (χ1) is 9.08. The van der Waals surface area contributed by atoms with Crippen LogP contribution < -0.4 is 10.9 Å². The third kappa shape index (κ3) is 3.34. The molecule has 102 valence electrons. The molecule has 1 atom stereocenters. The van der Waals surface area contributed by atoms with E-state index in [4.69, 9.17) is 0 Å². The van der Waals surface area contributed by atoms with Crippen LogP contribution >= 0.6 is 0 Å². The van der Waals surface area contributed by atoms with Crippen molar-refractivity contribution < 1.29 is 4.79 Å². The average molecular weight is 260 g/mol. The fourth-order valence-corrected chi connectivity index (χ4v) is 2.45. The summed E-state index contributed by atoms with van der Waals surface area (Å²) in [4.78, 5) is 26.6. The molecule has 0 aliphatic heterocycles. The van der Waals surface area contributed by atoms with Gasteiger partial charge in [0.1, 0.15) is 0 Å². The zero-order valence-electron chi connectivity index (χ0n) is 11.5. The van der Waals surface area contributed by atoms with E-state index in [1.54, 1.807) is 0 Å². The Hall–Kier alpha value is -1.84. The summed E-state index contributed by atoms with van der Waals surface area (Å²) >= 11 is 0. The summed E-state index contributed by atoms with van der Waals surface area (Å²) in [7, 11) is 0. The van der Waals surface area contributed by atoms with Crippen LogP contribution in [0.2, 0.25) is 0 Å². The van der Waals surface area contributed by atoms with E-state index in [9.17, 15) is 9.59 Å². The Kier molecular flexibility index (Phi) is 4.20. The molecule has 0 fully saturated rings. The van der Waals surface area contributed by atoms with Crippen molar-refractivity contribution in [3.8, 4) is 0 Å². The number of carbonyl (C=O) groups excluding carboxylic acids is 1. The average Bonchev–Trinajstić information content (AvgIpc) is 2.38. The molecule has 1 aliphatic rings. The fraction of sp³-hybridized carbons (Fsp3) is 0.467. The molecule has 1 aromatic heterocycles. The topological polar surface area (TPSA) is 62.0 Å². The second-order valence-corrected chi connectivity index (χ2v) is 5.14. The maximum Gasteiger partial charge on any atom is 0.253 e. The van der Waals surface area contributed by atoms with Crippen LogP contribution in [-0.2, 0) is 11.3 Å². The molecule has 1 unspecified atom stereocenters. The highest BCUT2D eigenvalue weighted by atomic mass is 16.2. The smallest absolute Gasteiger partial charge is 0.253 e. The standard InChI is InChI=1S/C15H20N2O2/c1-10-8-11(2)17-15(19)13(10)9-16-14(18)12-6-4-3-5-7-12/h3-4,8,12H,5-7,9H2,1-2H3,(H,16,18)(H,17,19). The van der Waals surface area contributed by atoms with Gasteiger partial charge in [-0.05, 0) is 44.7 Å². The first-order valence-electron chi connectivity index (χ1n) is 6.70. The highest BCUT2D eigenvalue weighted by molar-refractivity contribution is 5.79. The molecule has 0 saturated heterocycles. The van der Waals surface area contributed by atoms with Gasteiger partial charge < -0.3 is 10.3 Å². The van der Waals surface area contributed by atoms with Crippen LogP contribution in [0.3, 0.4) is 0 Å². The molecule has 1 amide bonds. The number of carbonyl (C=O) groups is 1. The highest BCUT2D eigenvalue weighted by Crippen LogP contribution is 2.18. The molecule has 0 bridgehead atoms. The van der Waals surface area contributed by atoms with Crippen LogP contribution in [0.25, 0.3) is 0 Å². The monoisotopic (exact) mass is 260 g/mol. The molecule has 0 saturated carbocycles. The molecular weight excluding hydrogens is 240 g/mol. The number of aromatic nitrogens is 1. The van der Waals surface area contributed by atoms with Crippen LogP contribution in [0.15, 0.2) is 23.0 Å². The van der Waals surface area contributed by atoms with E-state index in [1.807, 2.05) is 19.9 Å². The molecule has 0 spiro atoms. The summed E-state index contributed by atoms with van der Waals surface area (Å²) in [5.41, 5.74) is 2.30. The van der Waals surface area contributed by atoms with E-state index >= 15 is 0 Å². The minimum absolute atomic E-state index is 0.0451. The fourth-order valence-electron chi connectivity index (χ4n) is 2.45. The molecule has 19 heavy (non-hydrogen) atoms. The van der Waals surface area contributed by atoms with Gasteiger partial charge in [-0.25, -0.2) is 0 Å². The van der Waals surface area contributed by atoms with Gasteiger partial charge in [0.25, 0.3) is 5.56 Å². The van der Waals surface area contributed by atoms with Crippen molar-refractivity contribution in [2.45, 2.75) is 39.7 Å². The van der Waals surface area contributed by atoms with Crippen molar-refractivity contribution in [2.24, 2.45) is 5.92 Å². The van der Waals surface area contributed by atoms with Gasteiger partial charge >= 0.3 is 0 Å². The number of nitrogens with one attached hydrogen (secondary N) is 2. The zero-order valence-corrected chi connectivity index (χ0v) is 11.5. The van der Waals surface area contributed by atoms with Crippen LogP contribution in [0, 0.1) is 19.8 Å². The predicted octanol–water partition coefficient (Wildman–Crippen LogP) is 1.96. The summed E-state index contributed by atoms with van der Waals surface area (Å²) in [5.74, 6) is 0.0959. The molecule has 1 aliphatic carbocycles. The third-order valence-corrected chi connectivity index (χ3v) is 3.57. The van der Waals surface area contributed by atoms with Gasteiger partial charge in [-0.1, -0.05) is 12.2 Å². The number of H-pyrrole nitrogens is 1. The Balaban J connectivity index is 2.01. The number of rotatable bonds is 3. The van der Waals surface area contributed by atoms with Crippen molar-refractivity contribution >= 4 is 5.91 Å². The summed E-state index contributed by atoms with van der Waals surface area (Å²) in [5, 5.41) is 2.88. The van der Waals surface area contributed by atoms with Gasteiger partial charge in [0.05, 0.1) is 0 Å². The number of hydrogen-bond acceptors (Lipinski definition) is 2. The lowest BCUT2D eigenvalue weighted by atomic mass is 9.93. The van der Waals surface area contributed by atoms with E-state index in [1.165, 1.54) is 0 Å². The van der Waals surface area contributed by atoms with Crippen molar-refractivity contribution in [2.75, 3.05) is 0 Å². The van der Waals surface area contributed by atoms with Crippen LogP contribution in [0.4, 0.5) is 0 Å². The third-order valence-electron chi connectivity index (χ3n) is 3.57. The number of allylic oxidation sites excluding steroid dienone is 2. The molecular formula is C15H20N2O2. The Morgan fingerprint density at radius 3 is 2.84 bits per heavy atom. The SMILES string of the molecule is Cc1cc(C)c(CNC(=O)C2CC=CCC2)c(=O)[nH]1. The molecule has 1 heterocycles. The molecule has 0 radical (unpaired) electrons. The number of amides is 1. The van der Waals surface area contributed by atoms with E-state index in [2.05, 4.69) is 22.5 Å². The number of aryl methyl sites for hydroxylation is 2. The normalized spacial score (nSPS) is 18.3. The Bertz CT molecular complexity index is 558. The summed E-state index contributed by atoms with van der Waals surface area (Å²) < 4.78 is 0. The van der Waals surface area contributed by atoms with Crippen LogP contribution in [-0.4, -0.2) is 10.9 Å². The van der Waals surface area contributed by atoms with E-state index in [0.29, 0.717) is 12.1 Å². The van der Waals surface area contributed by atoms with Crippen molar-refractivity contribution in [1.82, 2.24) is 10.3 Å². The van der Waals surface area contributed by atoms with Gasteiger partial charge in [-0.15, -0.1) is 0 Å². The quantitative estimate of drug-likeness (QED) is 0.816. The van der Waals surface area contributed by atoms with Gasteiger partial charge in [0.15, 0.2) is 0 Å². The maximum atomic E-state index is 12.0. The number of aromatic amines is 1. The second-order valence-electron chi connectivity index (χ2n) is 5.14. The zero-order chi connectivity index (χ0) is 13.8. The lowest BCUT2D eigenvalue weighted by Crippen LogP contribution is -2.33. The Labute approximate surface area is 112 Å². The van der Waals surface area contributed by atoms with E-state index in [-0.39, 0.29) is 17.4 Å². The van der Waals surface area contributed by atoms with Gasteiger partial charge in [-0.2, -0.15) is 0 Å². The van der Waals surface area contributed by atoms with Crippen molar-refractivity contribution in [3.63, 3.8) is 0 Å². The maximum absolute atomic E-state index is 12.0. The lowest BCUT2D eigenvalue weighted by Gasteiger charge is -2.17. The van der Waals surface area contributed by atoms with Crippen molar-refractivity contribution in [3.05, 3.63) is 45.4 Å². The Morgan fingerprint density at radius 2 is 2.21 bits per heavy atom. The molecule has 1 aromatic rings. The second kappa shape index (κ2) is 5.87. The minimum atomic E-state index is -0.110.